The smallest absolute Gasteiger partial charge is 0.399 e. The van der Waals surface area contributed by atoms with Crippen molar-refractivity contribution in [2.24, 2.45) is 0 Å². The van der Waals surface area contributed by atoms with Crippen molar-refractivity contribution in [3.8, 4) is 0 Å². The summed E-state index contributed by atoms with van der Waals surface area (Å²) in [6.07, 6.45) is 0. The molecule has 2 nitrogen and oxygen atoms in total. The van der Waals surface area contributed by atoms with Crippen LogP contribution in [-0.4, -0.2) is 31.6 Å². The third kappa shape index (κ3) is 1.23. The Hall–Kier alpha value is -0.0151. The van der Waals surface area contributed by atoms with Crippen molar-refractivity contribution in [2.45, 2.75) is 19.9 Å². The lowest BCUT2D eigenvalue weighted by atomic mass is 10.1. The van der Waals surface area contributed by atoms with Crippen LogP contribution in [0.5, 0.6) is 0 Å². The van der Waals surface area contributed by atoms with Gasteiger partial charge in [-0.25, -0.2) is 0 Å². The molecule has 1 rings (SSSR count). The monoisotopic (exact) mass is 112 g/mol. The van der Waals surface area contributed by atoms with Gasteiger partial charge in [0.2, 0.25) is 0 Å². The van der Waals surface area contributed by atoms with E-state index >= 15 is 0 Å². The van der Waals surface area contributed by atoms with Gasteiger partial charge >= 0.3 is 7.62 Å². The van der Waals surface area contributed by atoms with Gasteiger partial charge in [-0.05, 0) is 6.04 Å². The van der Waals surface area contributed by atoms with Crippen LogP contribution in [0.15, 0.2) is 0 Å². The predicted octanol–water partition coefficient (Wildman–Crippen LogP) is 0.261. The van der Waals surface area contributed by atoms with Crippen LogP contribution in [0, 0.1) is 0 Å². The highest BCUT2D eigenvalue weighted by Gasteiger charge is 2.16. The first-order valence-corrected chi connectivity index (χ1v) is 3.01. The second-order valence-electron chi connectivity index (χ2n) is 2.31. The third-order valence-electron chi connectivity index (χ3n) is 1.34. The Labute approximate surface area is 51.1 Å². The van der Waals surface area contributed by atoms with Crippen LogP contribution >= 0.6 is 0 Å². The van der Waals surface area contributed by atoms with E-state index in [4.69, 9.17) is 4.65 Å². The van der Waals surface area contributed by atoms with Crippen molar-refractivity contribution < 1.29 is 4.65 Å². The maximum atomic E-state index is 5.02. The van der Waals surface area contributed by atoms with Gasteiger partial charge in [0.25, 0.3) is 0 Å². The van der Waals surface area contributed by atoms with E-state index in [1.54, 1.807) is 0 Å². The Morgan fingerprint density at radius 3 is 2.62 bits per heavy atom. The van der Waals surface area contributed by atoms with Gasteiger partial charge in [0.1, 0.15) is 0 Å². The first-order chi connectivity index (χ1) is 3.80. The lowest BCUT2D eigenvalue weighted by Gasteiger charge is -2.15. The Bertz CT molecular complexity index is 70.8. The zero-order chi connectivity index (χ0) is 5.98. The van der Waals surface area contributed by atoms with Gasteiger partial charge in [0.05, 0.1) is 0 Å². The molecule has 0 amide bonds. The average Bonchev–Trinajstić information content (AvgIpc) is 2.12. The van der Waals surface area contributed by atoms with Crippen molar-refractivity contribution in [2.75, 3.05) is 13.2 Å². The molecular weight excluding hydrogens is 101 g/mol. The van der Waals surface area contributed by atoms with Gasteiger partial charge in [0, 0.05) is 13.2 Å². The number of nitrogens with zero attached hydrogens (tertiary/aromatic N) is 1. The van der Waals surface area contributed by atoms with Crippen molar-refractivity contribution in [3.63, 3.8) is 0 Å². The minimum absolute atomic E-state index is 0.595. The molecule has 1 radical (unpaired) electrons. The third-order valence-corrected chi connectivity index (χ3v) is 1.34. The maximum absolute atomic E-state index is 5.02. The van der Waals surface area contributed by atoms with E-state index in [9.17, 15) is 0 Å². The van der Waals surface area contributed by atoms with E-state index in [0.29, 0.717) is 6.04 Å². The number of rotatable bonds is 1. The van der Waals surface area contributed by atoms with Gasteiger partial charge in [-0.2, -0.15) is 0 Å². The first-order valence-electron chi connectivity index (χ1n) is 3.01. The first kappa shape index (κ1) is 6.11. The lowest BCUT2D eigenvalue weighted by molar-refractivity contribution is 0.375. The Balaban J connectivity index is 2.24. The highest BCUT2D eigenvalue weighted by atomic mass is 16.4. The van der Waals surface area contributed by atoms with Gasteiger partial charge in [-0.15, -0.1) is 0 Å². The summed E-state index contributed by atoms with van der Waals surface area (Å²) in [5.74, 6) is 0. The van der Waals surface area contributed by atoms with Crippen molar-refractivity contribution in [1.82, 2.24) is 4.81 Å². The zero-order valence-corrected chi connectivity index (χ0v) is 5.42. The van der Waals surface area contributed by atoms with Crippen LogP contribution in [0.4, 0.5) is 0 Å². The van der Waals surface area contributed by atoms with E-state index in [-0.39, 0.29) is 0 Å². The molecule has 1 fully saturated rings. The van der Waals surface area contributed by atoms with Crippen molar-refractivity contribution >= 4 is 7.62 Å². The molecule has 1 aliphatic rings. The van der Waals surface area contributed by atoms with Crippen LogP contribution in [0.25, 0.3) is 0 Å². The standard InChI is InChI=1S/C5H11BNO/c1-5(2)7-3-4-8-6-7/h5H,3-4H2,1-2H3. The molecule has 0 aromatic carbocycles. The molecule has 1 saturated heterocycles. The Kier molecular flexibility index (Phi) is 1.92. The maximum Gasteiger partial charge on any atom is 0.399 e. The normalized spacial score (nSPS) is 21.9. The molecule has 0 aliphatic carbocycles. The fraction of sp³-hybridized carbons (Fsp3) is 1.00. The van der Waals surface area contributed by atoms with Gasteiger partial charge in [0.15, 0.2) is 0 Å². The Morgan fingerprint density at radius 1 is 1.62 bits per heavy atom. The molecule has 0 saturated carbocycles. The lowest BCUT2D eigenvalue weighted by Crippen LogP contribution is -2.29. The molecule has 0 N–H and O–H groups in total. The summed E-state index contributed by atoms with van der Waals surface area (Å²) in [7, 11) is 1.81. The van der Waals surface area contributed by atoms with Crippen molar-refractivity contribution in [3.05, 3.63) is 0 Å². The quantitative estimate of drug-likeness (QED) is 0.451. The SMILES string of the molecule is CC(C)N1[B]OCC1. The molecule has 8 heavy (non-hydrogen) atoms. The molecule has 0 unspecified atom stereocenters. The molecular formula is C5H11BNO. The fourth-order valence-electron chi connectivity index (χ4n) is 0.739. The summed E-state index contributed by atoms with van der Waals surface area (Å²) in [5, 5.41) is 0. The molecule has 1 aliphatic heterocycles. The summed E-state index contributed by atoms with van der Waals surface area (Å²) < 4.78 is 5.02. The molecule has 0 spiro atoms. The molecule has 3 heteroatoms. The van der Waals surface area contributed by atoms with Gasteiger partial charge in [-0.3, -0.25) is 0 Å². The predicted molar refractivity (Wildman–Crippen MR) is 33.5 cm³/mol. The summed E-state index contributed by atoms with van der Waals surface area (Å²) in [5.41, 5.74) is 0. The Morgan fingerprint density at radius 2 is 2.38 bits per heavy atom. The van der Waals surface area contributed by atoms with Gasteiger partial charge < -0.3 is 9.47 Å². The van der Waals surface area contributed by atoms with Crippen LogP contribution < -0.4 is 0 Å². The van der Waals surface area contributed by atoms with Crippen molar-refractivity contribution in [1.29, 1.82) is 0 Å². The molecule has 0 atom stereocenters. The molecule has 1 heterocycles. The minimum Gasteiger partial charge on any atom is -0.423 e. The largest absolute Gasteiger partial charge is 0.423 e. The van der Waals surface area contributed by atoms with E-state index in [1.165, 1.54) is 0 Å². The fourth-order valence-corrected chi connectivity index (χ4v) is 0.739. The summed E-state index contributed by atoms with van der Waals surface area (Å²) in [6, 6.07) is 0.595. The molecule has 0 aromatic rings. The second-order valence-corrected chi connectivity index (χ2v) is 2.31. The average molecular weight is 112 g/mol. The summed E-state index contributed by atoms with van der Waals surface area (Å²) in [6.45, 7) is 6.23. The van der Waals surface area contributed by atoms with E-state index in [0.717, 1.165) is 13.2 Å². The zero-order valence-electron chi connectivity index (χ0n) is 5.42. The molecule has 45 valence electrons. The van der Waals surface area contributed by atoms with Crippen LogP contribution in [0.2, 0.25) is 0 Å². The highest BCUT2D eigenvalue weighted by Crippen LogP contribution is 2.00. The number of hydrogen-bond acceptors (Lipinski definition) is 2. The van der Waals surface area contributed by atoms with Crippen LogP contribution in [0.3, 0.4) is 0 Å². The molecule has 0 bridgehead atoms. The topological polar surface area (TPSA) is 12.5 Å². The van der Waals surface area contributed by atoms with Gasteiger partial charge in [-0.1, -0.05) is 13.8 Å². The highest BCUT2D eigenvalue weighted by molar-refractivity contribution is 6.24. The van der Waals surface area contributed by atoms with E-state index in [2.05, 4.69) is 18.7 Å². The number of hydrogen-bond donors (Lipinski definition) is 0. The summed E-state index contributed by atoms with van der Waals surface area (Å²) >= 11 is 0. The minimum atomic E-state index is 0.595. The molecule has 0 aromatic heterocycles. The second kappa shape index (κ2) is 2.51. The van der Waals surface area contributed by atoms with E-state index in [1.807, 2.05) is 7.62 Å². The van der Waals surface area contributed by atoms with Crippen LogP contribution in [0.1, 0.15) is 13.8 Å². The van der Waals surface area contributed by atoms with E-state index < -0.39 is 0 Å². The summed E-state index contributed by atoms with van der Waals surface area (Å²) in [4.78, 5) is 2.18. The van der Waals surface area contributed by atoms with Crippen LogP contribution in [-0.2, 0) is 4.65 Å².